The molecule has 4 heteroatoms. The highest BCUT2D eigenvalue weighted by Gasteiger charge is 2.13. The van der Waals surface area contributed by atoms with Crippen LogP contribution in [-0.2, 0) is 0 Å². The number of pyridine rings is 1. The topological polar surface area (TPSA) is 45.2 Å². The van der Waals surface area contributed by atoms with Crippen molar-refractivity contribution < 1.29 is 4.79 Å². The van der Waals surface area contributed by atoms with Crippen molar-refractivity contribution in [3.63, 3.8) is 0 Å². The molecular weight excluding hydrogens is 250 g/mol. The van der Waals surface area contributed by atoms with Gasteiger partial charge in [0.1, 0.15) is 5.82 Å². The third kappa shape index (κ3) is 3.35. The Morgan fingerprint density at radius 1 is 1.20 bits per heavy atom. The van der Waals surface area contributed by atoms with E-state index < -0.39 is 0 Å². The molecule has 2 aromatic rings. The van der Waals surface area contributed by atoms with Gasteiger partial charge in [-0.05, 0) is 30.7 Å². The van der Waals surface area contributed by atoms with Crippen LogP contribution < -0.4 is 10.2 Å². The number of nitrogens with zero attached hydrogens (tertiary/aromatic N) is 2. The van der Waals surface area contributed by atoms with Crippen molar-refractivity contribution in [3.05, 3.63) is 54.2 Å². The predicted octanol–water partition coefficient (Wildman–Crippen LogP) is 3.18. The fraction of sp³-hybridized carbons (Fsp3) is 0.250. The van der Waals surface area contributed by atoms with E-state index in [0.29, 0.717) is 5.56 Å². The maximum atomic E-state index is 12.3. The lowest BCUT2D eigenvalue weighted by Crippen LogP contribution is -2.26. The Morgan fingerprint density at radius 3 is 2.55 bits per heavy atom. The van der Waals surface area contributed by atoms with Gasteiger partial charge in [0.15, 0.2) is 0 Å². The maximum absolute atomic E-state index is 12.3. The third-order valence-corrected chi connectivity index (χ3v) is 3.01. The first-order valence-corrected chi connectivity index (χ1v) is 6.75. The van der Waals surface area contributed by atoms with Crippen LogP contribution in [0.15, 0.2) is 48.7 Å². The Bertz CT molecular complexity index is 552. The number of hydrogen-bond donors (Lipinski definition) is 1. The van der Waals surface area contributed by atoms with Gasteiger partial charge in [-0.15, -0.1) is 0 Å². The van der Waals surface area contributed by atoms with Gasteiger partial charge >= 0.3 is 0 Å². The molecule has 0 saturated carbocycles. The minimum absolute atomic E-state index is 0.0641. The molecule has 1 N–H and O–H groups in total. The molecule has 0 bridgehead atoms. The summed E-state index contributed by atoms with van der Waals surface area (Å²) in [5, 5.41) is 3.19. The highest BCUT2D eigenvalue weighted by atomic mass is 16.2. The average molecular weight is 269 g/mol. The maximum Gasteiger partial charge on any atom is 0.259 e. The molecule has 0 atom stereocenters. The van der Waals surface area contributed by atoms with Crippen LogP contribution in [0.2, 0.25) is 0 Å². The van der Waals surface area contributed by atoms with Crippen molar-refractivity contribution in [1.29, 1.82) is 0 Å². The van der Waals surface area contributed by atoms with Crippen molar-refractivity contribution in [2.75, 3.05) is 23.8 Å². The second-order valence-electron chi connectivity index (χ2n) is 4.56. The SMILES string of the molecule is CCCNc1ccc(C(=O)N(C)c2ccccc2)cn1. The molecule has 0 aliphatic heterocycles. The predicted molar refractivity (Wildman–Crippen MR) is 82.2 cm³/mol. The van der Waals surface area contributed by atoms with Crippen molar-refractivity contribution in [1.82, 2.24) is 4.98 Å². The largest absolute Gasteiger partial charge is 0.370 e. The molecule has 104 valence electrons. The van der Waals surface area contributed by atoms with E-state index in [1.54, 1.807) is 24.2 Å². The number of aromatic nitrogens is 1. The number of rotatable bonds is 5. The summed E-state index contributed by atoms with van der Waals surface area (Å²) >= 11 is 0. The number of anilines is 2. The van der Waals surface area contributed by atoms with Crippen molar-refractivity contribution >= 4 is 17.4 Å². The highest BCUT2D eigenvalue weighted by molar-refractivity contribution is 6.05. The quantitative estimate of drug-likeness (QED) is 0.906. The lowest BCUT2D eigenvalue weighted by Gasteiger charge is -2.17. The van der Waals surface area contributed by atoms with E-state index in [1.807, 2.05) is 36.4 Å². The molecule has 0 fully saturated rings. The summed E-state index contributed by atoms with van der Waals surface area (Å²) in [5.74, 6) is 0.733. The summed E-state index contributed by atoms with van der Waals surface area (Å²) in [6, 6.07) is 13.2. The summed E-state index contributed by atoms with van der Waals surface area (Å²) in [4.78, 5) is 18.2. The van der Waals surface area contributed by atoms with Crippen LogP contribution in [-0.4, -0.2) is 24.5 Å². The van der Waals surface area contributed by atoms with Crippen LogP contribution in [0.1, 0.15) is 23.7 Å². The molecule has 20 heavy (non-hydrogen) atoms. The van der Waals surface area contributed by atoms with Gasteiger partial charge in [-0.2, -0.15) is 0 Å². The van der Waals surface area contributed by atoms with Gasteiger partial charge in [0.2, 0.25) is 0 Å². The van der Waals surface area contributed by atoms with Gasteiger partial charge in [-0.3, -0.25) is 4.79 Å². The van der Waals surface area contributed by atoms with Crippen molar-refractivity contribution in [3.8, 4) is 0 Å². The van der Waals surface area contributed by atoms with E-state index >= 15 is 0 Å². The van der Waals surface area contributed by atoms with Gasteiger partial charge in [-0.1, -0.05) is 25.1 Å². The lowest BCUT2D eigenvalue weighted by molar-refractivity contribution is 0.0992. The molecule has 0 aliphatic carbocycles. The van der Waals surface area contributed by atoms with Gasteiger partial charge in [0.25, 0.3) is 5.91 Å². The molecule has 1 heterocycles. The molecule has 1 aromatic carbocycles. The van der Waals surface area contributed by atoms with Gasteiger partial charge in [-0.25, -0.2) is 4.98 Å². The molecule has 2 rings (SSSR count). The van der Waals surface area contributed by atoms with Crippen LogP contribution in [0.4, 0.5) is 11.5 Å². The molecule has 0 spiro atoms. The summed E-state index contributed by atoms with van der Waals surface area (Å²) in [6.07, 6.45) is 2.65. The Hall–Kier alpha value is -2.36. The van der Waals surface area contributed by atoms with E-state index in [2.05, 4.69) is 17.2 Å². The fourth-order valence-electron chi connectivity index (χ4n) is 1.84. The molecular formula is C16H19N3O. The lowest BCUT2D eigenvalue weighted by atomic mass is 10.2. The Balaban J connectivity index is 2.09. The van der Waals surface area contributed by atoms with Gasteiger partial charge in [0, 0.05) is 25.5 Å². The van der Waals surface area contributed by atoms with Crippen molar-refractivity contribution in [2.45, 2.75) is 13.3 Å². The minimum Gasteiger partial charge on any atom is -0.370 e. The van der Waals surface area contributed by atoms with Gasteiger partial charge in [0.05, 0.1) is 5.56 Å². The molecule has 1 aromatic heterocycles. The normalized spacial score (nSPS) is 10.1. The van der Waals surface area contributed by atoms with E-state index in [9.17, 15) is 4.79 Å². The highest BCUT2D eigenvalue weighted by Crippen LogP contribution is 2.15. The second kappa shape index (κ2) is 6.70. The Morgan fingerprint density at radius 2 is 1.95 bits per heavy atom. The van der Waals surface area contributed by atoms with Crippen LogP contribution in [0, 0.1) is 0 Å². The molecule has 4 nitrogen and oxygen atoms in total. The first-order valence-electron chi connectivity index (χ1n) is 6.75. The van der Waals surface area contributed by atoms with E-state index in [0.717, 1.165) is 24.5 Å². The summed E-state index contributed by atoms with van der Waals surface area (Å²) in [5.41, 5.74) is 1.45. The number of carbonyl (C=O) groups excluding carboxylic acids is 1. The summed E-state index contributed by atoms with van der Waals surface area (Å²) in [6.45, 7) is 2.98. The fourth-order valence-corrected chi connectivity index (χ4v) is 1.84. The molecule has 0 saturated heterocycles. The Labute approximate surface area is 119 Å². The third-order valence-electron chi connectivity index (χ3n) is 3.01. The molecule has 0 radical (unpaired) electrons. The number of amides is 1. The number of para-hydroxylation sites is 1. The molecule has 0 unspecified atom stereocenters. The number of nitrogens with one attached hydrogen (secondary N) is 1. The van der Waals surface area contributed by atoms with Gasteiger partial charge < -0.3 is 10.2 Å². The minimum atomic E-state index is -0.0641. The van der Waals surface area contributed by atoms with Crippen LogP contribution in [0.3, 0.4) is 0 Å². The van der Waals surface area contributed by atoms with Crippen LogP contribution >= 0.6 is 0 Å². The van der Waals surface area contributed by atoms with Crippen LogP contribution in [0.5, 0.6) is 0 Å². The summed E-state index contributed by atoms with van der Waals surface area (Å²) < 4.78 is 0. The molecule has 0 aliphatic rings. The van der Waals surface area contributed by atoms with E-state index in [4.69, 9.17) is 0 Å². The zero-order chi connectivity index (χ0) is 14.4. The number of carbonyl (C=O) groups is 1. The van der Waals surface area contributed by atoms with Crippen molar-refractivity contribution in [2.24, 2.45) is 0 Å². The zero-order valence-electron chi connectivity index (χ0n) is 11.8. The zero-order valence-corrected chi connectivity index (χ0v) is 11.8. The number of benzene rings is 1. The monoisotopic (exact) mass is 269 g/mol. The average Bonchev–Trinajstić information content (AvgIpc) is 2.53. The van der Waals surface area contributed by atoms with E-state index in [-0.39, 0.29) is 5.91 Å². The first-order chi connectivity index (χ1) is 9.72. The smallest absolute Gasteiger partial charge is 0.259 e. The van der Waals surface area contributed by atoms with E-state index in [1.165, 1.54) is 0 Å². The second-order valence-corrected chi connectivity index (χ2v) is 4.56. The Kier molecular flexibility index (Phi) is 4.71. The number of hydrogen-bond acceptors (Lipinski definition) is 3. The summed E-state index contributed by atoms with van der Waals surface area (Å²) in [7, 11) is 1.76. The van der Waals surface area contributed by atoms with Crippen LogP contribution in [0.25, 0.3) is 0 Å². The molecule has 1 amide bonds. The standard InChI is InChI=1S/C16H19N3O/c1-3-11-17-15-10-9-13(12-18-15)16(20)19(2)14-7-5-4-6-8-14/h4-10,12H,3,11H2,1-2H3,(H,17,18). The first kappa shape index (κ1) is 14.1.